The normalized spacial score (nSPS) is 11.0. The molecule has 1 N–H and O–H groups in total. The van der Waals surface area contributed by atoms with E-state index < -0.39 is 10.0 Å². The van der Waals surface area contributed by atoms with Crippen molar-refractivity contribution in [2.45, 2.75) is 19.4 Å². The molecule has 0 aliphatic heterocycles. The van der Waals surface area contributed by atoms with E-state index in [4.69, 9.17) is 4.74 Å². The second-order valence-corrected chi connectivity index (χ2v) is 7.81. The highest BCUT2D eigenvalue weighted by atomic mass is 32.2. The lowest BCUT2D eigenvalue weighted by molar-refractivity contribution is -0.121. The van der Waals surface area contributed by atoms with Gasteiger partial charge in [0, 0.05) is 19.5 Å². The van der Waals surface area contributed by atoms with Gasteiger partial charge in [-0.2, -0.15) is 0 Å². The van der Waals surface area contributed by atoms with Crippen molar-refractivity contribution < 1.29 is 17.9 Å². The first-order valence-corrected chi connectivity index (χ1v) is 10.2. The first-order valence-electron chi connectivity index (χ1n) is 8.32. The fourth-order valence-electron chi connectivity index (χ4n) is 2.50. The molecule has 0 fully saturated rings. The van der Waals surface area contributed by atoms with Gasteiger partial charge < -0.3 is 10.1 Å². The predicted octanol–water partition coefficient (Wildman–Crippen LogP) is 2.56. The van der Waals surface area contributed by atoms with E-state index in [1.165, 1.54) is 10.6 Å². The third-order valence-corrected chi connectivity index (χ3v) is 5.05. The van der Waals surface area contributed by atoms with Crippen LogP contribution in [0.1, 0.15) is 18.4 Å². The highest BCUT2D eigenvalue weighted by Crippen LogP contribution is 2.17. The molecular formula is C19H24N2O4S. The van der Waals surface area contributed by atoms with Crippen LogP contribution in [-0.4, -0.2) is 34.2 Å². The van der Waals surface area contributed by atoms with Crippen molar-refractivity contribution in [2.24, 2.45) is 0 Å². The van der Waals surface area contributed by atoms with Crippen LogP contribution in [0.25, 0.3) is 0 Å². The maximum atomic E-state index is 12.0. The molecule has 0 heterocycles. The minimum absolute atomic E-state index is 0.109. The lowest BCUT2D eigenvalue weighted by atomic mass is 10.2. The number of benzene rings is 2. The first kappa shape index (κ1) is 19.8. The molecule has 0 bridgehead atoms. The molecule has 0 aliphatic rings. The fraction of sp³-hybridized carbons (Fsp3) is 0.316. The summed E-state index contributed by atoms with van der Waals surface area (Å²) in [6.45, 7) is 0.691. The zero-order chi connectivity index (χ0) is 19.0. The average Bonchev–Trinajstić information content (AvgIpc) is 2.63. The molecule has 0 radical (unpaired) electrons. The average molecular weight is 376 g/mol. The molecule has 0 saturated heterocycles. The summed E-state index contributed by atoms with van der Waals surface area (Å²) in [6.07, 6.45) is 1.87. The SMILES string of the molecule is COc1ccc(CNC(=O)CCCN(c2ccccc2)S(C)(=O)=O)cc1. The summed E-state index contributed by atoms with van der Waals surface area (Å²) in [5.74, 6) is 0.657. The van der Waals surface area contributed by atoms with Crippen LogP contribution in [0.4, 0.5) is 5.69 Å². The second-order valence-electron chi connectivity index (χ2n) is 5.90. The van der Waals surface area contributed by atoms with Crippen LogP contribution in [0.2, 0.25) is 0 Å². The Labute approximate surface area is 154 Å². The highest BCUT2D eigenvalue weighted by molar-refractivity contribution is 7.92. The van der Waals surface area contributed by atoms with Crippen molar-refractivity contribution in [2.75, 3.05) is 24.2 Å². The van der Waals surface area contributed by atoms with Crippen LogP contribution in [0.3, 0.4) is 0 Å². The maximum Gasteiger partial charge on any atom is 0.232 e. The fourth-order valence-corrected chi connectivity index (χ4v) is 3.46. The third kappa shape index (κ3) is 6.07. The molecule has 0 aromatic heterocycles. The van der Waals surface area contributed by atoms with Crippen molar-refractivity contribution in [1.82, 2.24) is 5.32 Å². The van der Waals surface area contributed by atoms with Gasteiger partial charge in [0.05, 0.1) is 19.1 Å². The van der Waals surface area contributed by atoms with Crippen LogP contribution in [-0.2, 0) is 21.4 Å². The number of carbonyl (C=O) groups is 1. The zero-order valence-electron chi connectivity index (χ0n) is 15.0. The minimum Gasteiger partial charge on any atom is -0.497 e. The monoisotopic (exact) mass is 376 g/mol. The Morgan fingerprint density at radius 2 is 1.73 bits per heavy atom. The number of hydrogen-bond donors (Lipinski definition) is 1. The van der Waals surface area contributed by atoms with Crippen molar-refractivity contribution in [3.63, 3.8) is 0 Å². The lowest BCUT2D eigenvalue weighted by Crippen LogP contribution is -2.32. The summed E-state index contributed by atoms with van der Waals surface area (Å²) in [7, 11) is -1.78. The minimum atomic E-state index is -3.39. The van der Waals surface area contributed by atoms with Gasteiger partial charge in [-0.3, -0.25) is 9.10 Å². The van der Waals surface area contributed by atoms with Crippen molar-refractivity contribution >= 4 is 21.6 Å². The lowest BCUT2D eigenvalue weighted by Gasteiger charge is -2.22. The number of rotatable bonds is 9. The number of nitrogens with zero attached hydrogens (tertiary/aromatic N) is 1. The van der Waals surface area contributed by atoms with Gasteiger partial charge in [-0.25, -0.2) is 8.42 Å². The number of carbonyl (C=O) groups excluding carboxylic acids is 1. The van der Waals surface area contributed by atoms with Crippen LogP contribution < -0.4 is 14.4 Å². The van der Waals surface area contributed by atoms with Crippen LogP contribution in [0.15, 0.2) is 54.6 Å². The molecule has 0 spiro atoms. The van der Waals surface area contributed by atoms with E-state index in [9.17, 15) is 13.2 Å². The molecule has 7 heteroatoms. The van der Waals surface area contributed by atoms with E-state index in [2.05, 4.69) is 5.32 Å². The van der Waals surface area contributed by atoms with Gasteiger partial charge in [0.1, 0.15) is 5.75 Å². The van der Waals surface area contributed by atoms with Crippen molar-refractivity contribution in [1.29, 1.82) is 0 Å². The van der Waals surface area contributed by atoms with Gasteiger partial charge in [0.2, 0.25) is 15.9 Å². The van der Waals surface area contributed by atoms with Crippen LogP contribution >= 0.6 is 0 Å². The van der Waals surface area contributed by atoms with Crippen molar-refractivity contribution in [3.8, 4) is 5.75 Å². The molecule has 2 aromatic rings. The number of sulfonamides is 1. The van der Waals surface area contributed by atoms with Gasteiger partial charge >= 0.3 is 0 Å². The van der Waals surface area contributed by atoms with E-state index in [-0.39, 0.29) is 18.9 Å². The molecule has 0 atom stereocenters. The Hall–Kier alpha value is -2.54. The number of ether oxygens (including phenoxy) is 1. The Balaban J connectivity index is 1.82. The standard InChI is InChI=1S/C19H24N2O4S/c1-25-18-12-10-16(11-13-18)15-20-19(22)9-6-14-21(26(2,23)24)17-7-4-3-5-8-17/h3-5,7-8,10-13H,6,9,14-15H2,1-2H3,(H,20,22). The molecular weight excluding hydrogens is 352 g/mol. The molecule has 2 rings (SSSR count). The molecule has 2 aromatic carbocycles. The number of nitrogens with one attached hydrogen (secondary N) is 1. The molecule has 0 unspecified atom stereocenters. The number of amides is 1. The second kappa shape index (κ2) is 9.24. The number of hydrogen-bond acceptors (Lipinski definition) is 4. The van der Waals surface area contributed by atoms with E-state index in [0.29, 0.717) is 18.7 Å². The van der Waals surface area contributed by atoms with Gasteiger partial charge in [-0.15, -0.1) is 0 Å². The van der Waals surface area contributed by atoms with Gasteiger partial charge in [0.15, 0.2) is 0 Å². The van der Waals surface area contributed by atoms with E-state index in [1.807, 2.05) is 30.3 Å². The van der Waals surface area contributed by atoms with Crippen LogP contribution in [0.5, 0.6) is 5.75 Å². The van der Waals surface area contributed by atoms with Crippen LogP contribution in [0, 0.1) is 0 Å². The topological polar surface area (TPSA) is 75.7 Å². The smallest absolute Gasteiger partial charge is 0.232 e. The third-order valence-electron chi connectivity index (χ3n) is 3.86. The summed E-state index contributed by atoms with van der Waals surface area (Å²) in [6, 6.07) is 16.3. The highest BCUT2D eigenvalue weighted by Gasteiger charge is 2.17. The maximum absolute atomic E-state index is 12.0. The predicted molar refractivity (Wildman–Crippen MR) is 103 cm³/mol. The summed E-state index contributed by atoms with van der Waals surface area (Å²) in [5, 5.41) is 2.84. The summed E-state index contributed by atoms with van der Waals surface area (Å²) >= 11 is 0. The number of anilines is 1. The molecule has 0 saturated carbocycles. The summed E-state index contributed by atoms with van der Waals surface area (Å²) < 4.78 is 30.4. The number of para-hydroxylation sites is 1. The van der Waals surface area contributed by atoms with E-state index in [1.54, 1.807) is 31.4 Å². The zero-order valence-corrected chi connectivity index (χ0v) is 15.8. The van der Waals surface area contributed by atoms with Crippen molar-refractivity contribution in [3.05, 3.63) is 60.2 Å². The van der Waals surface area contributed by atoms with Gasteiger partial charge in [-0.1, -0.05) is 30.3 Å². The Morgan fingerprint density at radius 3 is 2.31 bits per heavy atom. The van der Waals surface area contributed by atoms with Gasteiger partial charge in [-0.05, 0) is 36.2 Å². The van der Waals surface area contributed by atoms with E-state index >= 15 is 0 Å². The summed E-state index contributed by atoms with van der Waals surface area (Å²) in [4.78, 5) is 12.0. The first-order chi connectivity index (χ1) is 12.4. The molecule has 26 heavy (non-hydrogen) atoms. The molecule has 1 amide bonds. The Morgan fingerprint density at radius 1 is 1.08 bits per heavy atom. The molecule has 0 aliphatic carbocycles. The van der Waals surface area contributed by atoms with E-state index in [0.717, 1.165) is 11.3 Å². The Bertz CT molecular complexity index is 805. The molecule has 6 nitrogen and oxygen atoms in total. The quantitative estimate of drug-likeness (QED) is 0.730. The Kier molecular flexibility index (Phi) is 7.03. The molecule has 140 valence electrons. The number of methoxy groups -OCH3 is 1. The largest absolute Gasteiger partial charge is 0.497 e. The van der Waals surface area contributed by atoms with Gasteiger partial charge in [0.25, 0.3) is 0 Å². The summed E-state index contributed by atoms with van der Waals surface area (Å²) in [5.41, 5.74) is 1.58.